The summed E-state index contributed by atoms with van der Waals surface area (Å²) in [5.74, 6) is 0.985. The predicted molar refractivity (Wildman–Crippen MR) is 87.2 cm³/mol. The van der Waals surface area contributed by atoms with Gasteiger partial charge in [0.2, 0.25) is 0 Å². The molecule has 1 N–H and O–H groups in total. The molecule has 2 heterocycles. The smallest absolute Gasteiger partial charge is 0.123 e. The monoisotopic (exact) mass is 313 g/mol. The zero-order valence-electron chi connectivity index (χ0n) is 13.1. The molecule has 3 unspecified atom stereocenters. The van der Waals surface area contributed by atoms with E-state index in [0.29, 0.717) is 5.92 Å². The van der Waals surface area contributed by atoms with Gasteiger partial charge >= 0.3 is 0 Å². The second-order valence-electron chi connectivity index (χ2n) is 6.22. The SMILES string of the molecule is COc1ccc2c(c1)C1OCCCC1C(c1ccc(F)cc1)N2. The van der Waals surface area contributed by atoms with E-state index in [0.717, 1.165) is 42.0 Å². The Kier molecular flexibility index (Phi) is 3.69. The lowest BCUT2D eigenvalue weighted by atomic mass is 9.77. The molecule has 0 radical (unpaired) electrons. The summed E-state index contributed by atoms with van der Waals surface area (Å²) < 4.78 is 24.7. The highest BCUT2D eigenvalue weighted by Gasteiger charge is 2.39. The van der Waals surface area contributed by atoms with Gasteiger partial charge < -0.3 is 14.8 Å². The first-order valence-electron chi connectivity index (χ1n) is 8.08. The molecule has 0 amide bonds. The molecule has 2 aliphatic rings. The van der Waals surface area contributed by atoms with Gasteiger partial charge in [0.25, 0.3) is 0 Å². The lowest BCUT2D eigenvalue weighted by Crippen LogP contribution is -2.36. The summed E-state index contributed by atoms with van der Waals surface area (Å²) in [5, 5.41) is 3.63. The summed E-state index contributed by atoms with van der Waals surface area (Å²) >= 11 is 0. The fourth-order valence-electron chi connectivity index (χ4n) is 3.78. The fourth-order valence-corrected chi connectivity index (χ4v) is 3.78. The number of rotatable bonds is 2. The van der Waals surface area contributed by atoms with Crippen LogP contribution < -0.4 is 10.1 Å². The van der Waals surface area contributed by atoms with Gasteiger partial charge in [-0.1, -0.05) is 12.1 Å². The maximum atomic E-state index is 13.3. The van der Waals surface area contributed by atoms with Crippen LogP contribution >= 0.6 is 0 Å². The molecule has 1 fully saturated rings. The number of fused-ring (bicyclic) bond motifs is 3. The van der Waals surface area contributed by atoms with E-state index in [1.807, 2.05) is 24.3 Å². The van der Waals surface area contributed by atoms with E-state index < -0.39 is 0 Å². The molecule has 0 spiro atoms. The van der Waals surface area contributed by atoms with Crippen LogP contribution in [0.5, 0.6) is 5.75 Å². The number of halogens is 1. The summed E-state index contributed by atoms with van der Waals surface area (Å²) in [5.41, 5.74) is 3.34. The summed E-state index contributed by atoms with van der Waals surface area (Å²) in [4.78, 5) is 0. The minimum atomic E-state index is -0.203. The van der Waals surface area contributed by atoms with E-state index in [1.54, 1.807) is 7.11 Å². The zero-order chi connectivity index (χ0) is 15.8. The van der Waals surface area contributed by atoms with E-state index in [2.05, 4.69) is 11.4 Å². The fraction of sp³-hybridized carbons (Fsp3) is 0.368. The third kappa shape index (κ3) is 2.57. The van der Waals surface area contributed by atoms with Crippen LogP contribution in [-0.4, -0.2) is 13.7 Å². The Balaban J connectivity index is 1.75. The molecule has 4 rings (SSSR count). The van der Waals surface area contributed by atoms with Crippen LogP contribution in [0.3, 0.4) is 0 Å². The lowest BCUT2D eigenvalue weighted by molar-refractivity contribution is -0.0382. The van der Waals surface area contributed by atoms with Gasteiger partial charge in [0.15, 0.2) is 0 Å². The van der Waals surface area contributed by atoms with Gasteiger partial charge in [-0.05, 0) is 48.7 Å². The minimum absolute atomic E-state index is 0.0603. The topological polar surface area (TPSA) is 30.5 Å². The van der Waals surface area contributed by atoms with Crippen molar-refractivity contribution in [1.82, 2.24) is 0 Å². The number of ether oxygens (including phenoxy) is 2. The number of methoxy groups -OCH3 is 1. The number of benzene rings is 2. The molecule has 3 atom stereocenters. The first kappa shape index (κ1) is 14.5. The number of anilines is 1. The van der Waals surface area contributed by atoms with Crippen molar-refractivity contribution in [2.75, 3.05) is 19.0 Å². The molecule has 2 aromatic carbocycles. The van der Waals surface area contributed by atoms with Gasteiger partial charge in [-0.2, -0.15) is 0 Å². The molecular weight excluding hydrogens is 293 g/mol. The molecule has 0 saturated carbocycles. The van der Waals surface area contributed by atoms with Gasteiger partial charge in [-0.15, -0.1) is 0 Å². The Labute approximate surface area is 135 Å². The van der Waals surface area contributed by atoms with Crippen LogP contribution in [0.2, 0.25) is 0 Å². The predicted octanol–water partition coefficient (Wildman–Crippen LogP) is 4.47. The average Bonchev–Trinajstić information content (AvgIpc) is 2.61. The summed E-state index contributed by atoms with van der Waals surface area (Å²) in [6.45, 7) is 0.786. The molecule has 0 aromatic heterocycles. The van der Waals surface area contributed by atoms with Gasteiger partial charge in [0.1, 0.15) is 11.6 Å². The van der Waals surface area contributed by atoms with E-state index in [-0.39, 0.29) is 18.0 Å². The quantitative estimate of drug-likeness (QED) is 0.887. The second kappa shape index (κ2) is 5.85. The Morgan fingerprint density at radius 3 is 2.78 bits per heavy atom. The van der Waals surface area contributed by atoms with Crippen LogP contribution in [-0.2, 0) is 4.74 Å². The van der Waals surface area contributed by atoms with Crippen LogP contribution in [0, 0.1) is 11.7 Å². The first-order chi connectivity index (χ1) is 11.3. The van der Waals surface area contributed by atoms with Crippen molar-refractivity contribution in [3.8, 4) is 5.75 Å². The van der Waals surface area contributed by atoms with Crippen LogP contribution in [0.4, 0.5) is 10.1 Å². The van der Waals surface area contributed by atoms with Crippen molar-refractivity contribution in [3.63, 3.8) is 0 Å². The first-order valence-corrected chi connectivity index (χ1v) is 8.08. The molecule has 4 heteroatoms. The Bertz CT molecular complexity index is 701. The minimum Gasteiger partial charge on any atom is -0.497 e. The average molecular weight is 313 g/mol. The number of hydrogen-bond acceptors (Lipinski definition) is 3. The van der Waals surface area contributed by atoms with Crippen molar-refractivity contribution < 1.29 is 13.9 Å². The molecule has 0 bridgehead atoms. The number of nitrogens with one attached hydrogen (secondary N) is 1. The maximum Gasteiger partial charge on any atom is 0.123 e. The van der Waals surface area contributed by atoms with E-state index in [4.69, 9.17) is 9.47 Å². The highest BCUT2D eigenvalue weighted by atomic mass is 19.1. The molecule has 2 aliphatic heterocycles. The molecule has 2 aromatic rings. The Morgan fingerprint density at radius 2 is 2.00 bits per heavy atom. The van der Waals surface area contributed by atoms with Gasteiger partial charge in [0, 0.05) is 23.8 Å². The van der Waals surface area contributed by atoms with Crippen molar-refractivity contribution in [2.24, 2.45) is 5.92 Å². The molecular formula is C19H20FNO2. The second-order valence-corrected chi connectivity index (χ2v) is 6.22. The Hall–Kier alpha value is -2.07. The largest absolute Gasteiger partial charge is 0.497 e. The zero-order valence-corrected chi connectivity index (χ0v) is 13.1. The Morgan fingerprint density at radius 1 is 1.17 bits per heavy atom. The third-order valence-electron chi connectivity index (χ3n) is 4.90. The summed E-state index contributed by atoms with van der Waals surface area (Å²) in [6.07, 6.45) is 2.21. The van der Waals surface area contributed by atoms with Gasteiger partial charge in [-0.25, -0.2) is 4.39 Å². The normalized spacial score (nSPS) is 25.9. The van der Waals surface area contributed by atoms with Crippen LogP contribution in [0.25, 0.3) is 0 Å². The summed E-state index contributed by atoms with van der Waals surface area (Å²) in [6, 6.07) is 13.0. The third-order valence-corrected chi connectivity index (χ3v) is 4.90. The number of hydrogen-bond donors (Lipinski definition) is 1. The molecule has 1 saturated heterocycles. The van der Waals surface area contributed by atoms with Crippen molar-refractivity contribution in [3.05, 3.63) is 59.4 Å². The molecule has 120 valence electrons. The maximum absolute atomic E-state index is 13.3. The lowest BCUT2D eigenvalue weighted by Gasteiger charge is -2.43. The molecule has 0 aliphatic carbocycles. The van der Waals surface area contributed by atoms with Crippen molar-refractivity contribution >= 4 is 5.69 Å². The van der Waals surface area contributed by atoms with Crippen LogP contribution in [0.1, 0.15) is 36.1 Å². The van der Waals surface area contributed by atoms with E-state index in [1.165, 1.54) is 12.1 Å². The van der Waals surface area contributed by atoms with Crippen molar-refractivity contribution in [1.29, 1.82) is 0 Å². The van der Waals surface area contributed by atoms with Crippen LogP contribution in [0.15, 0.2) is 42.5 Å². The standard InChI is InChI=1S/C19H20FNO2/c1-22-14-8-9-17-16(11-14)19-15(3-2-10-23-19)18(21-17)12-4-6-13(20)7-5-12/h4-9,11,15,18-19,21H,2-3,10H2,1H3. The molecule has 23 heavy (non-hydrogen) atoms. The highest BCUT2D eigenvalue weighted by Crippen LogP contribution is 2.49. The van der Waals surface area contributed by atoms with Gasteiger partial charge in [-0.3, -0.25) is 0 Å². The highest BCUT2D eigenvalue weighted by molar-refractivity contribution is 5.59. The van der Waals surface area contributed by atoms with Crippen molar-refractivity contribution in [2.45, 2.75) is 25.0 Å². The van der Waals surface area contributed by atoms with Gasteiger partial charge in [0.05, 0.1) is 19.3 Å². The molecule has 3 nitrogen and oxygen atoms in total. The summed E-state index contributed by atoms with van der Waals surface area (Å²) in [7, 11) is 1.68. The van der Waals surface area contributed by atoms with E-state index in [9.17, 15) is 4.39 Å². The van der Waals surface area contributed by atoms with E-state index >= 15 is 0 Å².